The largest absolute Gasteiger partial charge is 0.507 e. The Kier molecular flexibility index (Phi) is 9.59. The van der Waals surface area contributed by atoms with E-state index in [0.29, 0.717) is 53.3 Å². The van der Waals surface area contributed by atoms with Gasteiger partial charge in [0.25, 0.3) is 5.78 Å². The highest BCUT2D eigenvalue weighted by Gasteiger charge is 2.48. The van der Waals surface area contributed by atoms with Gasteiger partial charge < -0.3 is 19.3 Å². The minimum atomic E-state index is -0.902. The summed E-state index contributed by atoms with van der Waals surface area (Å²) >= 11 is 1.24. The predicted molar refractivity (Wildman–Crippen MR) is 152 cm³/mol. The molecule has 1 saturated heterocycles. The Hall–Kier alpha value is -3.85. The normalized spacial score (nSPS) is 16.5. The molecule has 1 amide bonds. The van der Waals surface area contributed by atoms with E-state index in [-0.39, 0.29) is 11.3 Å². The van der Waals surface area contributed by atoms with Crippen LogP contribution in [0.2, 0.25) is 0 Å². The zero-order chi connectivity index (χ0) is 27.8. The van der Waals surface area contributed by atoms with Crippen LogP contribution in [0.5, 0.6) is 17.2 Å². The summed E-state index contributed by atoms with van der Waals surface area (Å²) in [7, 11) is 0. The number of carbonyl (C=O) groups excluding carboxylic acids is 2. The molecule has 2 heterocycles. The van der Waals surface area contributed by atoms with Gasteiger partial charge in [-0.25, -0.2) is 4.98 Å². The Bertz CT molecular complexity index is 1300. The van der Waals surface area contributed by atoms with Crippen molar-refractivity contribution >= 4 is 33.9 Å². The lowest BCUT2D eigenvalue weighted by atomic mass is 9.95. The van der Waals surface area contributed by atoms with E-state index in [1.807, 2.05) is 13.8 Å². The fourth-order valence-corrected chi connectivity index (χ4v) is 5.05. The maximum atomic E-state index is 13.4. The first-order valence-corrected chi connectivity index (χ1v) is 14.2. The van der Waals surface area contributed by atoms with Crippen molar-refractivity contribution in [1.82, 2.24) is 4.98 Å². The van der Waals surface area contributed by atoms with E-state index in [9.17, 15) is 14.7 Å². The number of ketones is 1. The highest BCUT2D eigenvalue weighted by Crippen LogP contribution is 2.44. The second-order valence-corrected chi connectivity index (χ2v) is 9.92. The van der Waals surface area contributed by atoms with E-state index in [0.717, 1.165) is 25.7 Å². The molecule has 0 radical (unpaired) electrons. The molecule has 1 N–H and O–H groups in total. The first-order valence-electron chi connectivity index (χ1n) is 13.3. The van der Waals surface area contributed by atoms with Crippen LogP contribution in [0.1, 0.15) is 63.6 Å². The molecule has 2 aromatic carbocycles. The summed E-state index contributed by atoms with van der Waals surface area (Å²) in [5.41, 5.74) is 0.983. The number of rotatable bonds is 13. The molecule has 0 saturated carbocycles. The van der Waals surface area contributed by atoms with Crippen LogP contribution in [-0.2, 0) is 9.59 Å². The monoisotopic (exact) mass is 550 g/mol. The van der Waals surface area contributed by atoms with Gasteiger partial charge in [-0.3, -0.25) is 14.5 Å². The van der Waals surface area contributed by atoms with Gasteiger partial charge in [-0.05, 0) is 61.7 Å². The van der Waals surface area contributed by atoms with Gasteiger partial charge in [-0.15, -0.1) is 11.3 Å². The highest BCUT2D eigenvalue weighted by molar-refractivity contribution is 7.14. The number of Topliss-reactive ketones (excluding diaryl/α,β-unsaturated/α-hetero) is 1. The van der Waals surface area contributed by atoms with Crippen LogP contribution >= 0.6 is 11.3 Å². The Labute approximate surface area is 232 Å². The molecule has 3 aromatic rings. The van der Waals surface area contributed by atoms with Crippen LogP contribution in [0.15, 0.2) is 59.6 Å². The van der Waals surface area contributed by atoms with Crippen molar-refractivity contribution < 1.29 is 28.9 Å². The molecule has 1 aliphatic rings. The molecule has 1 unspecified atom stereocenters. The van der Waals surface area contributed by atoms with Crippen molar-refractivity contribution in [2.24, 2.45) is 0 Å². The molecule has 0 bridgehead atoms. The Morgan fingerprint density at radius 3 is 2.41 bits per heavy atom. The number of aliphatic hydroxyl groups excluding tert-OH is 1. The quantitative estimate of drug-likeness (QED) is 0.112. The van der Waals surface area contributed by atoms with Gasteiger partial charge in [-0.1, -0.05) is 32.8 Å². The van der Waals surface area contributed by atoms with E-state index in [4.69, 9.17) is 14.2 Å². The predicted octanol–water partition coefficient (Wildman–Crippen LogP) is 6.53. The molecule has 8 nitrogen and oxygen atoms in total. The van der Waals surface area contributed by atoms with Crippen molar-refractivity contribution in [3.05, 3.63) is 70.7 Å². The fraction of sp³-hybridized carbons (Fsp3) is 0.367. The summed E-state index contributed by atoms with van der Waals surface area (Å²) in [4.78, 5) is 32.3. The molecule has 0 spiro atoms. The average molecular weight is 551 g/mol. The lowest BCUT2D eigenvalue weighted by molar-refractivity contribution is -0.132. The van der Waals surface area contributed by atoms with Gasteiger partial charge in [0.2, 0.25) is 0 Å². The highest BCUT2D eigenvalue weighted by atomic mass is 32.1. The lowest BCUT2D eigenvalue weighted by Crippen LogP contribution is -2.29. The molecule has 39 heavy (non-hydrogen) atoms. The Morgan fingerprint density at radius 1 is 0.949 bits per heavy atom. The van der Waals surface area contributed by atoms with Gasteiger partial charge >= 0.3 is 5.91 Å². The Morgan fingerprint density at radius 2 is 1.74 bits per heavy atom. The van der Waals surface area contributed by atoms with Crippen molar-refractivity contribution in [3.63, 3.8) is 0 Å². The number of nitrogens with zero attached hydrogens (tertiary/aromatic N) is 2. The van der Waals surface area contributed by atoms with Crippen molar-refractivity contribution in [3.8, 4) is 17.2 Å². The summed E-state index contributed by atoms with van der Waals surface area (Å²) < 4.78 is 17.5. The fourth-order valence-electron chi connectivity index (χ4n) is 4.38. The zero-order valence-electron chi connectivity index (χ0n) is 22.5. The van der Waals surface area contributed by atoms with Crippen LogP contribution in [0.25, 0.3) is 5.76 Å². The molecule has 1 aliphatic heterocycles. The second-order valence-electron chi connectivity index (χ2n) is 9.05. The molecule has 4 rings (SSSR count). The van der Waals surface area contributed by atoms with Crippen LogP contribution < -0.4 is 19.1 Å². The standard InChI is InChI=1S/C30H34N2O6S/c1-4-7-8-17-38-23-14-11-21(19-24(23)36-6-3)26-25(28(34)29(35)32(26)30-31-15-18-39-30)27(33)20-9-12-22(13-10-20)37-16-5-2/h9-15,18-19,26,33H,4-8,16-17H2,1-3H3. The van der Waals surface area contributed by atoms with Crippen LogP contribution in [-0.4, -0.2) is 41.6 Å². The molecule has 206 valence electrons. The topological polar surface area (TPSA) is 98.2 Å². The third kappa shape index (κ3) is 6.25. The number of carbonyl (C=O) groups is 2. The van der Waals surface area contributed by atoms with Gasteiger partial charge in [0.1, 0.15) is 11.5 Å². The number of hydrogen-bond donors (Lipinski definition) is 1. The van der Waals surface area contributed by atoms with Crippen LogP contribution in [0.4, 0.5) is 5.13 Å². The van der Waals surface area contributed by atoms with Gasteiger partial charge in [0.15, 0.2) is 16.6 Å². The van der Waals surface area contributed by atoms with E-state index in [2.05, 4.69) is 11.9 Å². The minimum Gasteiger partial charge on any atom is -0.507 e. The Balaban J connectivity index is 1.78. The maximum absolute atomic E-state index is 13.4. The molecular formula is C30H34N2O6S. The van der Waals surface area contributed by atoms with Crippen molar-refractivity contribution in [2.45, 2.75) is 52.5 Å². The summed E-state index contributed by atoms with van der Waals surface area (Å²) in [6.07, 6.45) is 5.52. The average Bonchev–Trinajstić information content (AvgIpc) is 3.57. The number of ether oxygens (including phenoxy) is 3. The summed E-state index contributed by atoms with van der Waals surface area (Å²) in [6.45, 7) is 7.57. The van der Waals surface area contributed by atoms with Gasteiger partial charge in [-0.2, -0.15) is 0 Å². The smallest absolute Gasteiger partial charge is 0.301 e. The van der Waals surface area contributed by atoms with Crippen molar-refractivity contribution in [2.75, 3.05) is 24.7 Å². The van der Waals surface area contributed by atoms with Crippen LogP contribution in [0, 0.1) is 0 Å². The summed E-state index contributed by atoms with van der Waals surface area (Å²) in [6, 6.07) is 11.3. The summed E-state index contributed by atoms with van der Waals surface area (Å²) in [5, 5.41) is 13.5. The molecule has 1 atom stereocenters. The number of aromatic nitrogens is 1. The van der Waals surface area contributed by atoms with E-state index in [1.54, 1.807) is 54.0 Å². The molecular weight excluding hydrogens is 516 g/mol. The molecule has 1 fully saturated rings. The number of unbranched alkanes of at least 4 members (excludes halogenated alkanes) is 2. The maximum Gasteiger partial charge on any atom is 0.301 e. The summed E-state index contributed by atoms with van der Waals surface area (Å²) in [5.74, 6) is -0.0466. The van der Waals surface area contributed by atoms with E-state index in [1.165, 1.54) is 16.2 Å². The third-order valence-electron chi connectivity index (χ3n) is 6.26. The second kappa shape index (κ2) is 13.3. The first-order chi connectivity index (χ1) is 19.0. The van der Waals surface area contributed by atoms with Crippen LogP contribution in [0.3, 0.4) is 0 Å². The molecule has 9 heteroatoms. The minimum absolute atomic E-state index is 0.0171. The van der Waals surface area contributed by atoms with Gasteiger partial charge in [0.05, 0.1) is 31.4 Å². The number of anilines is 1. The molecule has 0 aliphatic carbocycles. The van der Waals surface area contributed by atoms with E-state index < -0.39 is 17.7 Å². The lowest BCUT2D eigenvalue weighted by Gasteiger charge is -2.24. The number of hydrogen-bond acceptors (Lipinski definition) is 8. The van der Waals surface area contributed by atoms with Crippen molar-refractivity contribution in [1.29, 1.82) is 0 Å². The first kappa shape index (κ1) is 28.2. The van der Waals surface area contributed by atoms with Gasteiger partial charge in [0, 0.05) is 17.1 Å². The number of benzene rings is 2. The molecule has 1 aromatic heterocycles. The third-order valence-corrected chi connectivity index (χ3v) is 7.03. The number of thiazole rings is 1. The van der Waals surface area contributed by atoms with E-state index >= 15 is 0 Å². The zero-order valence-corrected chi connectivity index (χ0v) is 23.3. The number of amides is 1. The SMILES string of the molecule is CCCCCOc1ccc(C2C(=C(O)c3ccc(OCCC)cc3)C(=O)C(=O)N2c2nccs2)cc1OCC. The number of aliphatic hydroxyl groups is 1.